The molecule has 1 atom stereocenters. The zero-order valence-electron chi connectivity index (χ0n) is 14.5. The molecule has 0 aliphatic carbocycles. The average molecular weight is 359 g/mol. The summed E-state index contributed by atoms with van der Waals surface area (Å²) in [5.74, 6) is -0.679. The lowest BCUT2D eigenvalue weighted by atomic mass is 10.1. The first-order valence-corrected chi connectivity index (χ1v) is 9.26. The maximum absolute atomic E-state index is 12.2. The monoisotopic (exact) mass is 359 g/mol. The third-order valence-electron chi connectivity index (χ3n) is 3.83. The maximum atomic E-state index is 12.2. The van der Waals surface area contributed by atoms with Gasteiger partial charge in [0.15, 0.2) is 6.61 Å². The lowest BCUT2D eigenvalue weighted by Gasteiger charge is -2.11. The van der Waals surface area contributed by atoms with Crippen LogP contribution in [-0.2, 0) is 20.3 Å². The van der Waals surface area contributed by atoms with Gasteiger partial charge in [0.25, 0.3) is 5.91 Å². The Morgan fingerprint density at radius 1 is 1.08 bits per heavy atom. The van der Waals surface area contributed by atoms with Crippen LogP contribution in [0, 0.1) is 13.8 Å². The number of hydrogen-bond acceptors (Lipinski definition) is 4. The number of anilines is 1. The number of hydrogen-bond donors (Lipinski definition) is 1. The van der Waals surface area contributed by atoms with Gasteiger partial charge < -0.3 is 10.1 Å². The zero-order valence-corrected chi connectivity index (χ0v) is 15.3. The fourth-order valence-electron chi connectivity index (χ4n) is 2.27. The first-order valence-electron chi connectivity index (χ1n) is 7.94. The van der Waals surface area contributed by atoms with Gasteiger partial charge >= 0.3 is 5.97 Å². The quantitative estimate of drug-likeness (QED) is 0.804. The van der Waals surface area contributed by atoms with E-state index in [1.165, 1.54) is 0 Å². The summed E-state index contributed by atoms with van der Waals surface area (Å²) < 4.78 is 17.1. The molecule has 1 amide bonds. The smallest absolute Gasteiger partial charge is 0.339 e. The van der Waals surface area contributed by atoms with Crippen LogP contribution in [0.1, 0.15) is 28.4 Å². The van der Waals surface area contributed by atoms with Gasteiger partial charge in [0, 0.05) is 11.4 Å². The van der Waals surface area contributed by atoms with Crippen LogP contribution < -0.4 is 5.32 Å². The Kier molecular flexibility index (Phi) is 6.47. The number of aryl methyl sites for hydroxylation is 1. The van der Waals surface area contributed by atoms with Crippen LogP contribution in [-0.4, -0.2) is 28.4 Å². The van der Waals surface area contributed by atoms with Crippen molar-refractivity contribution >= 4 is 28.4 Å². The van der Waals surface area contributed by atoms with Crippen LogP contribution in [0.5, 0.6) is 0 Å². The molecule has 0 radical (unpaired) electrons. The molecule has 0 fully saturated rings. The van der Waals surface area contributed by atoms with E-state index in [0.717, 1.165) is 11.1 Å². The molecule has 0 saturated heterocycles. The number of benzene rings is 2. The van der Waals surface area contributed by atoms with Crippen molar-refractivity contribution in [2.75, 3.05) is 17.7 Å². The minimum Gasteiger partial charge on any atom is -0.452 e. The molecule has 0 aliphatic heterocycles. The first kappa shape index (κ1) is 18.9. The van der Waals surface area contributed by atoms with Gasteiger partial charge in [-0.15, -0.1) is 0 Å². The second kappa shape index (κ2) is 8.58. The number of rotatable bonds is 6. The standard InChI is InChI=1S/C19H21NO4S/c1-4-25(23)17-11-6-5-9-15(17)19(22)24-12-18(21)20-16-10-7-8-13(2)14(16)3/h5-11H,4,12H2,1-3H3,(H,20,21)/t25-/m1/s1. The molecule has 0 saturated carbocycles. The molecule has 1 N–H and O–H groups in total. The summed E-state index contributed by atoms with van der Waals surface area (Å²) in [4.78, 5) is 24.7. The highest BCUT2D eigenvalue weighted by molar-refractivity contribution is 7.85. The third-order valence-corrected chi connectivity index (χ3v) is 5.20. The molecular weight excluding hydrogens is 338 g/mol. The Balaban J connectivity index is 2.02. The number of ether oxygens (including phenoxy) is 1. The minimum atomic E-state index is -1.28. The van der Waals surface area contributed by atoms with E-state index >= 15 is 0 Å². The molecule has 0 aliphatic rings. The van der Waals surface area contributed by atoms with E-state index in [1.807, 2.05) is 26.0 Å². The second-order valence-corrected chi connectivity index (χ2v) is 7.21. The van der Waals surface area contributed by atoms with Gasteiger partial charge in [-0.25, -0.2) is 4.79 Å². The predicted octanol–water partition coefficient (Wildman–Crippen LogP) is 3.23. The van der Waals surface area contributed by atoms with Crippen molar-refractivity contribution in [3.63, 3.8) is 0 Å². The number of esters is 1. The van der Waals surface area contributed by atoms with Crippen LogP contribution in [0.3, 0.4) is 0 Å². The highest BCUT2D eigenvalue weighted by Crippen LogP contribution is 2.18. The van der Waals surface area contributed by atoms with Crippen molar-refractivity contribution in [1.82, 2.24) is 0 Å². The minimum absolute atomic E-state index is 0.224. The van der Waals surface area contributed by atoms with Crippen molar-refractivity contribution < 1.29 is 18.5 Å². The largest absolute Gasteiger partial charge is 0.452 e. The fraction of sp³-hybridized carbons (Fsp3) is 0.263. The third kappa shape index (κ3) is 4.76. The molecule has 0 aromatic heterocycles. The molecular formula is C19H21NO4S. The molecule has 2 rings (SSSR count). The average Bonchev–Trinajstić information content (AvgIpc) is 2.63. The van der Waals surface area contributed by atoms with Gasteiger partial charge in [0.05, 0.1) is 21.3 Å². The highest BCUT2D eigenvalue weighted by atomic mass is 32.2. The van der Waals surface area contributed by atoms with E-state index in [1.54, 1.807) is 37.3 Å². The summed E-state index contributed by atoms with van der Waals surface area (Å²) in [6.45, 7) is 5.23. The van der Waals surface area contributed by atoms with E-state index in [4.69, 9.17) is 4.74 Å². The summed E-state index contributed by atoms with van der Waals surface area (Å²) in [6, 6.07) is 12.2. The summed E-state index contributed by atoms with van der Waals surface area (Å²) in [5, 5.41) is 2.73. The first-order chi connectivity index (χ1) is 11.9. The number of amides is 1. The molecule has 5 nitrogen and oxygen atoms in total. The van der Waals surface area contributed by atoms with E-state index in [-0.39, 0.29) is 5.56 Å². The molecule has 2 aromatic carbocycles. The maximum Gasteiger partial charge on any atom is 0.339 e. The molecule has 0 heterocycles. The molecule has 2 aromatic rings. The van der Waals surface area contributed by atoms with Crippen molar-refractivity contribution in [2.45, 2.75) is 25.7 Å². The highest BCUT2D eigenvalue weighted by Gasteiger charge is 2.17. The molecule has 6 heteroatoms. The normalized spacial score (nSPS) is 11.6. The van der Waals surface area contributed by atoms with Crippen LogP contribution in [0.4, 0.5) is 5.69 Å². The van der Waals surface area contributed by atoms with Gasteiger partial charge in [0.1, 0.15) is 0 Å². The van der Waals surface area contributed by atoms with Crippen LogP contribution in [0.25, 0.3) is 0 Å². The van der Waals surface area contributed by atoms with E-state index in [2.05, 4.69) is 5.32 Å². The number of carbonyl (C=O) groups is 2. The summed E-state index contributed by atoms with van der Waals surface area (Å²) >= 11 is 0. The summed E-state index contributed by atoms with van der Waals surface area (Å²) in [5.41, 5.74) is 2.94. The van der Waals surface area contributed by atoms with Crippen molar-refractivity contribution in [2.24, 2.45) is 0 Å². The molecule has 0 spiro atoms. The number of carbonyl (C=O) groups excluding carboxylic acids is 2. The zero-order chi connectivity index (χ0) is 18.4. The Morgan fingerprint density at radius 2 is 1.80 bits per heavy atom. The number of nitrogens with one attached hydrogen (secondary N) is 1. The molecule has 0 bridgehead atoms. The second-order valence-electron chi connectivity index (χ2n) is 5.50. The summed E-state index contributed by atoms with van der Waals surface area (Å²) in [6.07, 6.45) is 0. The van der Waals surface area contributed by atoms with Gasteiger partial charge in [-0.05, 0) is 43.2 Å². The SMILES string of the molecule is CC[S@@](=O)c1ccccc1C(=O)OCC(=O)Nc1cccc(C)c1C. The molecule has 0 unspecified atom stereocenters. The van der Waals surface area contributed by atoms with E-state index < -0.39 is 29.3 Å². The topological polar surface area (TPSA) is 72.5 Å². The van der Waals surface area contributed by atoms with Gasteiger partial charge in [0.2, 0.25) is 0 Å². The summed E-state index contributed by atoms with van der Waals surface area (Å²) in [7, 11) is -1.28. The fourth-order valence-corrected chi connectivity index (χ4v) is 3.21. The Bertz CT molecular complexity index is 817. The van der Waals surface area contributed by atoms with Gasteiger partial charge in [-0.2, -0.15) is 0 Å². The van der Waals surface area contributed by atoms with Crippen molar-refractivity contribution in [3.8, 4) is 0 Å². The van der Waals surface area contributed by atoms with Gasteiger partial charge in [-0.1, -0.05) is 31.2 Å². The Morgan fingerprint density at radius 3 is 2.52 bits per heavy atom. The lowest BCUT2D eigenvalue weighted by molar-refractivity contribution is -0.119. The van der Waals surface area contributed by atoms with Crippen molar-refractivity contribution in [3.05, 3.63) is 59.2 Å². The van der Waals surface area contributed by atoms with Crippen LogP contribution >= 0.6 is 0 Å². The van der Waals surface area contributed by atoms with E-state index in [9.17, 15) is 13.8 Å². The Hall–Kier alpha value is -2.47. The lowest BCUT2D eigenvalue weighted by Crippen LogP contribution is -2.22. The van der Waals surface area contributed by atoms with Crippen LogP contribution in [0.15, 0.2) is 47.4 Å². The van der Waals surface area contributed by atoms with Crippen LogP contribution in [0.2, 0.25) is 0 Å². The van der Waals surface area contributed by atoms with E-state index in [0.29, 0.717) is 16.3 Å². The van der Waals surface area contributed by atoms with Gasteiger partial charge in [-0.3, -0.25) is 9.00 Å². The molecule has 132 valence electrons. The predicted molar refractivity (Wildman–Crippen MR) is 98.2 cm³/mol. The molecule has 25 heavy (non-hydrogen) atoms. The van der Waals surface area contributed by atoms with Crippen molar-refractivity contribution in [1.29, 1.82) is 0 Å². The Labute approximate surface area is 149 Å².